The van der Waals surface area contributed by atoms with Gasteiger partial charge < -0.3 is 10.1 Å². The summed E-state index contributed by atoms with van der Waals surface area (Å²) >= 11 is 6.11. The molecule has 0 unspecified atom stereocenters. The quantitative estimate of drug-likeness (QED) is 0.609. The first-order valence-electron chi connectivity index (χ1n) is 9.11. The number of carbonyl (C=O) groups excluding carboxylic acids is 2. The van der Waals surface area contributed by atoms with E-state index in [0.29, 0.717) is 0 Å². The smallest absolute Gasteiger partial charge is 0.339 e. The monoisotopic (exact) mass is 456 g/mol. The molecule has 1 N–H and O–H groups in total. The minimum Gasteiger partial charge on any atom is -0.462 e. The standard InChI is InChI=1S/C20H22ClFN2O5S/c1-4-18(24(30(3,27)28)15-9-6-13(22)7-10-15)19(25)23-14-8-11-16(17(21)12-14)20(26)29-5-2/h6-12,18H,4-5H2,1-3H3,(H,23,25)/t18-/m0/s1. The van der Waals surface area contributed by atoms with Gasteiger partial charge in [-0.25, -0.2) is 17.6 Å². The Balaban J connectivity index is 2.31. The number of hydrogen-bond donors (Lipinski definition) is 1. The molecule has 0 bridgehead atoms. The zero-order valence-corrected chi connectivity index (χ0v) is 18.3. The molecule has 0 spiro atoms. The lowest BCUT2D eigenvalue weighted by Gasteiger charge is -2.30. The van der Waals surface area contributed by atoms with E-state index in [2.05, 4.69) is 5.32 Å². The number of sulfonamides is 1. The van der Waals surface area contributed by atoms with Gasteiger partial charge in [0.25, 0.3) is 0 Å². The number of ether oxygens (including phenoxy) is 1. The van der Waals surface area contributed by atoms with Crippen LogP contribution in [0, 0.1) is 5.82 Å². The van der Waals surface area contributed by atoms with E-state index >= 15 is 0 Å². The van der Waals surface area contributed by atoms with Gasteiger partial charge in [0.2, 0.25) is 15.9 Å². The average Bonchev–Trinajstić information content (AvgIpc) is 2.66. The maximum absolute atomic E-state index is 13.3. The van der Waals surface area contributed by atoms with Gasteiger partial charge in [0.05, 0.1) is 29.1 Å². The molecule has 2 aromatic carbocycles. The molecule has 0 heterocycles. The first-order valence-corrected chi connectivity index (χ1v) is 11.3. The summed E-state index contributed by atoms with van der Waals surface area (Å²) in [6.07, 6.45) is 1.13. The van der Waals surface area contributed by atoms with Crippen molar-refractivity contribution in [3.63, 3.8) is 0 Å². The normalized spacial score (nSPS) is 12.2. The molecular formula is C20H22ClFN2O5S. The number of carbonyl (C=O) groups is 2. The van der Waals surface area contributed by atoms with Crippen LogP contribution in [-0.4, -0.2) is 39.2 Å². The van der Waals surface area contributed by atoms with E-state index in [1.54, 1.807) is 13.8 Å². The molecule has 30 heavy (non-hydrogen) atoms. The Kier molecular flexibility index (Phi) is 7.80. The Morgan fingerprint density at radius 3 is 2.30 bits per heavy atom. The van der Waals surface area contributed by atoms with Gasteiger partial charge in [0.15, 0.2) is 0 Å². The van der Waals surface area contributed by atoms with Gasteiger partial charge in [-0.1, -0.05) is 18.5 Å². The second-order valence-corrected chi connectivity index (χ2v) is 8.63. The van der Waals surface area contributed by atoms with Gasteiger partial charge in [-0.3, -0.25) is 9.10 Å². The molecule has 0 radical (unpaired) electrons. The van der Waals surface area contributed by atoms with Crippen molar-refractivity contribution in [2.24, 2.45) is 0 Å². The van der Waals surface area contributed by atoms with Crippen molar-refractivity contribution in [2.75, 3.05) is 22.5 Å². The SMILES string of the molecule is CCOC(=O)c1ccc(NC(=O)[C@H](CC)N(c2ccc(F)cc2)S(C)(=O)=O)cc1Cl. The van der Waals surface area contributed by atoms with Crippen LogP contribution in [0.15, 0.2) is 42.5 Å². The molecule has 0 aliphatic heterocycles. The summed E-state index contributed by atoms with van der Waals surface area (Å²) < 4.78 is 43.9. The van der Waals surface area contributed by atoms with Crippen molar-refractivity contribution < 1.29 is 27.1 Å². The van der Waals surface area contributed by atoms with Crippen LogP contribution in [0.1, 0.15) is 30.6 Å². The van der Waals surface area contributed by atoms with Crippen molar-refractivity contribution >= 4 is 44.9 Å². The van der Waals surface area contributed by atoms with Crippen LogP contribution in [0.4, 0.5) is 15.8 Å². The molecule has 0 saturated heterocycles. The minimum atomic E-state index is -3.85. The third-order valence-corrected chi connectivity index (χ3v) is 5.64. The van der Waals surface area contributed by atoms with Gasteiger partial charge in [-0.2, -0.15) is 0 Å². The highest BCUT2D eigenvalue weighted by molar-refractivity contribution is 7.92. The van der Waals surface area contributed by atoms with Crippen molar-refractivity contribution in [2.45, 2.75) is 26.3 Å². The number of hydrogen-bond acceptors (Lipinski definition) is 5. The van der Waals surface area contributed by atoms with E-state index in [9.17, 15) is 22.4 Å². The molecule has 0 fully saturated rings. The van der Waals surface area contributed by atoms with Crippen LogP contribution >= 0.6 is 11.6 Å². The number of esters is 1. The van der Waals surface area contributed by atoms with E-state index in [1.807, 2.05) is 0 Å². The number of amides is 1. The topological polar surface area (TPSA) is 92.8 Å². The Morgan fingerprint density at radius 2 is 1.80 bits per heavy atom. The summed E-state index contributed by atoms with van der Waals surface area (Å²) in [5, 5.41) is 2.69. The largest absolute Gasteiger partial charge is 0.462 e. The minimum absolute atomic E-state index is 0.0813. The van der Waals surface area contributed by atoms with Crippen LogP contribution in [0.3, 0.4) is 0 Å². The van der Waals surface area contributed by atoms with Crippen LogP contribution in [0.2, 0.25) is 5.02 Å². The molecule has 0 aliphatic rings. The first-order chi connectivity index (χ1) is 14.1. The fourth-order valence-corrected chi connectivity index (χ4v) is 4.31. The zero-order valence-electron chi connectivity index (χ0n) is 16.7. The van der Waals surface area contributed by atoms with Gasteiger partial charge >= 0.3 is 5.97 Å². The highest BCUT2D eigenvalue weighted by atomic mass is 35.5. The van der Waals surface area contributed by atoms with Gasteiger partial charge in [0.1, 0.15) is 11.9 Å². The molecule has 0 saturated carbocycles. The second kappa shape index (κ2) is 9.90. The lowest BCUT2D eigenvalue weighted by atomic mass is 10.1. The molecule has 2 rings (SSSR count). The van der Waals surface area contributed by atoms with Crippen molar-refractivity contribution in [3.8, 4) is 0 Å². The van der Waals surface area contributed by atoms with Gasteiger partial charge in [0, 0.05) is 5.69 Å². The van der Waals surface area contributed by atoms with Gasteiger partial charge in [-0.05, 0) is 55.8 Å². The lowest BCUT2D eigenvalue weighted by Crippen LogP contribution is -2.47. The van der Waals surface area contributed by atoms with Crippen molar-refractivity contribution in [1.82, 2.24) is 0 Å². The third-order valence-electron chi connectivity index (χ3n) is 4.14. The van der Waals surface area contributed by atoms with E-state index in [1.165, 1.54) is 30.3 Å². The average molecular weight is 457 g/mol. The van der Waals surface area contributed by atoms with E-state index < -0.39 is 33.8 Å². The molecule has 1 amide bonds. The Morgan fingerprint density at radius 1 is 1.17 bits per heavy atom. The maximum Gasteiger partial charge on any atom is 0.339 e. The molecular weight excluding hydrogens is 435 g/mol. The van der Waals surface area contributed by atoms with E-state index in [4.69, 9.17) is 16.3 Å². The summed E-state index contributed by atoms with van der Waals surface area (Å²) in [4.78, 5) is 24.7. The molecule has 10 heteroatoms. The van der Waals surface area contributed by atoms with Crippen LogP contribution in [-0.2, 0) is 19.6 Å². The number of nitrogens with zero attached hydrogens (tertiary/aromatic N) is 1. The highest BCUT2D eigenvalue weighted by Gasteiger charge is 2.31. The molecule has 1 atom stereocenters. The fourth-order valence-electron chi connectivity index (χ4n) is 2.84. The number of nitrogens with one attached hydrogen (secondary N) is 1. The number of benzene rings is 2. The Bertz CT molecular complexity index is 1030. The summed E-state index contributed by atoms with van der Waals surface area (Å²) in [5.74, 6) is -1.72. The summed E-state index contributed by atoms with van der Waals surface area (Å²) in [7, 11) is -3.85. The second-order valence-electron chi connectivity index (χ2n) is 6.36. The highest BCUT2D eigenvalue weighted by Crippen LogP contribution is 2.25. The lowest BCUT2D eigenvalue weighted by molar-refractivity contribution is -0.117. The predicted molar refractivity (Wildman–Crippen MR) is 114 cm³/mol. The van der Waals surface area contributed by atoms with Crippen molar-refractivity contribution in [1.29, 1.82) is 0 Å². The first kappa shape index (κ1) is 23.6. The number of halogens is 2. The fraction of sp³-hybridized carbons (Fsp3) is 0.300. The Hall–Kier alpha value is -2.65. The Labute approximate surface area is 179 Å². The summed E-state index contributed by atoms with van der Waals surface area (Å²) in [6.45, 7) is 3.51. The van der Waals surface area contributed by atoms with E-state index in [-0.39, 0.29) is 35.0 Å². The van der Waals surface area contributed by atoms with Crippen LogP contribution in [0.5, 0.6) is 0 Å². The maximum atomic E-state index is 13.3. The molecule has 0 aromatic heterocycles. The number of rotatable bonds is 8. The summed E-state index contributed by atoms with van der Waals surface area (Å²) in [5.41, 5.74) is 0.591. The summed E-state index contributed by atoms with van der Waals surface area (Å²) in [6, 6.07) is 7.97. The zero-order chi connectivity index (χ0) is 22.5. The van der Waals surface area contributed by atoms with Gasteiger partial charge in [-0.15, -0.1) is 0 Å². The number of anilines is 2. The van der Waals surface area contributed by atoms with E-state index in [0.717, 1.165) is 22.7 Å². The van der Waals surface area contributed by atoms with Crippen LogP contribution < -0.4 is 9.62 Å². The predicted octanol–water partition coefficient (Wildman–Crippen LogP) is 3.84. The molecule has 162 valence electrons. The molecule has 2 aromatic rings. The molecule has 7 nitrogen and oxygen atoms in total. The van der Waals surface area contributed by atoms with Crippen LogP contribution in [0.25, 0.3) is 0 Å². The third kappa shape index (κ3) is 5.70. The molecule has 0 aliphatic carbocycles. The van der Waals surface area contributed by atoms with Crippen molar-refractivity contribution in [3.05, 3.63) is 58.9 Å².